The third kappa shape index (κ3) is 4.75. The van der Waals surface area contributed by atoms with Crippen molar-refractivity contribution in [2.75, 3.05) is 26.3 Å². The second-order valence-corrected chi connectivity index (χ2v) is 9.22. The largest absolute Gasteiger partial charge is 0.480 e. The molecule has 32 heavy (non-hydrogen) atoms. The summed E-state index contributed by atoms with van der Waals surface area (Å²) in [5, 5.41) is 12.1. The van der Waals surface area contributed by atoms with E-state index in [4.69, 9.17) is 25.5 Å². The quantitative estimate of drug-likeness (QED) is 0.372. The summed E-state index contributed by atoms with van der Waals surface area (Å²) in [6, 6.07) is 10.5. The smallest absolute Gasteiger partial charge is 0.312 e. The number of halogens is 1. The summed E-state index contributed by atoms with van der Waals surface area (Å²) in [7, 11) is -3.88. The van der Waals surface area contributed by atoms with Gasteiger partial charge in [-0.05, 0) is 30.3 Å². The summed E-state index contributed by atoms with van der Waals surface area (Å²) in [5.74, 6) is 0.246. The van der Waals surface area contributed by atoms with E-state index < -0.39 is 20.6 Å². The van der Waals surface area contributed by atoms with E-state index in [1.807, 2.05) is 0 Å². The van der Waals surface area contributed by atoms with Crippen LogP contribution in [-0.4, -0.2) is 48.9 Å². The number of sulfonamides is 1. The van der Waals surface area contributed by atoms with Crippen LogP contribution in [0.5, 0.6) is 5.75 Å². The number of nitro benzene ring substituents is 1. The van der Waals surface area contributed by atoms with Gasteiger partial charge in [-0.1, -0.05) is 17.7 Å². The number of morpholine rings is 1. The van der Waals surface area contributed by atoms with E-state index in [9.17, 15) is 18.5 Å². The summed E-state index contributed by atoms with van der Waals surface area (Å²) in [4.78, 5) is 15.0. The Hall–Kier alpha value is -2.99. The van der Waals surface area contributed by atoms with Gasteiger partial charge in [-0.15, -0.1) is 0 Å². The van der Waals surface area contributed by atoms with Crippen LogP contribution in [0.25, 0.3) is 11.5 Å². The second kappa shape index (κ2) is 9.25. The minimum Gasteiger partial charge on any atom is -0.480 e. The van der Waals surface area contributed by atoms with Crippen molar-refractivity contribution in [1.29, 1.82) is 0 Å². The number of oxazole rings is 1. The van der Waals surface area contributed by atoms with E-state index in [2.05, 4.69) is 4.98 Å². The van der Waals surface area contributed by atoms with Crippen molar-refractivity contribution >= 4 is 27.3 Å². The summed E-state index contributed by atoms with van der Waals surface area (Å²) in [6.07, 6.45) is 1.37. The highest BCUT2D eigenvalue weighted by Crippen LogP contribution is 2.32. The molecule has 0 saturated carbocycles. The Labute approximate surface area is 188 Å². The Balaban J connectivity index is 1.52. The minimum atomic E-state index is -3.88. The van der Waals surface area contributed by atoms with Crippen molar-refractivity contribution in [2.24, 2.45) is 0 Å². The van der Waals surface area contributed by atoms with Crippen molar-refractivity contribution in [3.63, 3.8) is 0 Å². The summed E-state index contributed by atoms with van der Waals surface area (Å²) >= 11 is 5.97. The molecule has 0 radical (unpaired) electrons. The van der Waals surface area contributed by atoms with Gasteiger partial charge in [-0.2, -0.15) is 4.31 Å². The van der Waals surface area contributed by atoms with Crippen LogP contribution in [0.2, 0.25) is 5.02 Å². The lowest BCUT2D eigenvalue weighted by molar-refractivity contribution is -0.386. The number of rotatable bonds is 7. The molecule has 4 rings (SSSR count). The highest BCUT2D eigenvalue weighted by molar-refractivity contribution is 7.89. The first kappa shape index (κ1) is 22.2. The van der Waals surface area contributed by atoms with Crippen molar-refractivity contribution in [3.8, 4) is 17.2 Å². The molecule has 10 nitrogen and oxygen atoms in total. The molecule has 0 bridgehead atoms. The predicted molar refractivity (Wildman–Crippen MR) is 114 cm³/mol. The molecule has 3 aromatic rings. The number of nitrogens with zero attached hydrogens (tertiary/aromatic N) is 3. The fraction of sp³-hybridized carbons (Fsp3) is 0.250. The van der Waals surface area contributed by atoms with Crippen LogP contribution in [0.4, 0.5) is 5.69 Å². The molecule has 1 saturated heterocycles. The zero-order chi connectivity index (χ0) is 22.7. The van der Waals surface area contributed by atoms with Crippen molar-refractivity contribution in [2.45, 2.75) is 11.5 Å². The summed E-state index contributed by atoms with van der Waals surface area (Å²) in [5.41, 5.74) is 0.615. The molecule has 0 spiro atoms. The molecular weight excluding hydrogens is 462 g/mol. The van der Waals surface area contributed by atoms with Crippen molar-refractivity contribution < 1.29 is 27.2 Å². The van der Waals surface area contributed by atoms with E-state index in [-0.39, 0.29) is 43.6 Å². The van der Waals surface area contributed by atoms with Gasteiger partial charge in [0.15, 0.2) is 5.75 Å². The van der Waals surface area contributed by atoms with Gasteiger partial charge >= 0.3 is 5.69 Å². The van der Waals surface area contributed by atoms with Gasteiger partial charge in [0, 0.05) is 29.7 Å². The van der Waals surface area contributed by atoms with E-state index in [1.54, 1.807) is 24.3 Å². The fourth-order valence-corrected chi connectivity index (χ4v) is 4.76. The van der Waals surface area contributed by atoms with Crippen LogP contribution in [0.3, 0.4) is 0 Å². The standard InChI is InChI=1S/C20H18ClN3O7S/c21-15-3-1-2-14(10-15)20-22-16(13-31-20)12-30-19-5-4-17(11-18(19)24(25)26)32(27,28)23-6-8-29-9-7-23/h1-5,10-11,13H,6-9,12H2. The van der Waals surface area contributed by atoms with Crippen LogP contribution < -0.4 is 4.74 Å². The minimum absolute atomic E-state index is 0.0803. The first-order chi connectivity index (χ1) is 15.3. The molecule has 1 fully saturated rings. The first-order valence-corrected chi connectivity index (χ1v) is 11.4. The lowest BCUT2D eigenvalue weighted by Crippen LogP contribution is -2.40. The third-order valence-corrected chi connectivity index (χ3v) is 6.86. The van der Waals surface area contributed by atoms with Crippen molar-refractivity contribution in [3.05, 3.63) is 69.6 Å². The molecule has 1 aliphatic heterocycles. The van der Waals surface area contributed by atoms with E-state index in [1.165, 1.54) is 22.7 Å². The van der Waals surface area contributed by atoms with Gasteiger partial charge in [0.2, 0.25) is 15.9 Å². The lowest BCUT2D eigenvalue weighted by Gasteiger charge is -2.26. The Morgan fingerprint density at radius 3 is 2.69 bits per heavy atom. The Morgan fingerprint density at radius 2 is 1.97 bits per heavy atom. The number of benzene rings is 2. The molecule has 168 valence electrons. The van der Waals surface area contributed by atoms with Crippen LogP contribution in [-0.2, 0) is 21.4 Å². The lowest BCUT2D eigenvalue weighted by atomic mass is 10.2. The average molecular weight is 480 g/mol. The van der Waals surface area contributed by atoms with Crippen LogP contribution >= 0.6 is 11.6 Å². The van der Waals surface area contributed by atoms with Gasteiger partial charge in [-0.25, -0.2) is 13.4 Å². The van der Waals surface area contributed by atoms with E-state index in [0.29, 0.717) is 22.2 Å². The second-order valence-electron chi connectivity index (χ2n) is 6.85. The maximum Gasteiger partial charge on any atom is 0.312 e. The number of nitro groups is 1. The number of hydrogen-bond donors (Lipinski definition) is 0. The van der Waals surface area contributed by atoms with Crippen LogP contribution in [0.1, 0.15) is 5.69 Å². The molecule has 2 heterocycles. The number of hydrogen-bond acceptors (Lipinski definition) is 8. The highest BCUT2D eigenvalue weighted by atomic mass is 35.5. The SMILES string of the molecule is O=[N+]([O-])c1cc(S(=O)(=O)N2CCOCC2)ccc1OCc1coc(-c2cccc(Cl)c2)n1. The molecule has 0 atom stereocenters. The van der Waals surface area contributed by atoms with Gasteiger partial charge in [-0.3, -0.25) is 10.1 Å². The van der Waals surface area contributed by atoms with E-state index in [0.717, 1.165) is 6.07 Å². The normalized spacial score (nSPS) is 14.9. The Morgan fingerprint density at radius 1 is 1.19 bits per heavy atom. The number of aromatic nitrogens is 1. The fourth-order valence-electron chi connectivity index (χ4n) is 3.14. The molecule has 0 unspecified atom stereocenters. The molecule has 0 N–H and O–H groups in total. The average Bonchev–Trinajstić information content (AvgIpc) is 3.27. The van der Waals surface area contributed by atoms with Gasteiger partial charge in [0.05, 0.1) is 23.0 Å². The molecule has 1 aromatic heterocycles. The molecular formula is C20H18ClN3O7S. The van der Waals surface area contributed by atoms with Crippen LogP contribution in [0, 0.1) is 10.1 Å². The third-order valence-electron chi connectivity index (χ3n) is 4.73. The predicted octanol–water partition coefficient (Wildman–Crippen LogP) is 3.50. The van der Waals surface area contributed by atoms with Gasteiger partial charge in [0.25, 0.3) is 0 Å². The zero-order valence-electron chi connectivity index (χ0n) is 16.6. The van der Waals surface area contributed by atoms with Gasteiger partial charge in [0.1, 0.15) is 18.6 Å². The summed E-state index contributed by atoms with van der Waals surface area (Å²) in [6.45, 7) is 0.820. The summed E-state index contributed by atoms with van der Waals surface area (Å²) < 4.78 is 43.0. The first-order valence-electron chi connectivity index (χ1n) is 9.54. The van der Waals surface area contributed by atoms with E-state index >= 15 is 0 Å². The maximum atomic E-state index is 12.8. The monoisotopic (exact) mass is 479 g/mol. The molecule has 0 amide bonds. The molecule has 2 aromatic carbocycles. The zero-order valence-corrected chi connectivity index (χ0v) is 18.2. The topological polar surface area (TPSA) is 125 Å². The van der Waals surface area contributed by atoms with Crippen molar-refractivity contribution in [1.82, 2.24) is 9.29 Å². The molecule has 1 aliphatic rings. The maximum absolute atomic E-state index is 12.8. The van der Waals surface area contributed by atoms with Crippen LogP contribution in [0.15, 0.2) is 58.0 Å². The molecule has 12 heteroatoms. The number of ether oxygens (including phenoxy) is 2. The Bertz CT molecular complexity index is 1240. The molecule has 0 aliphatic carbocycles. The van der Waals surface area contributed by atoms with Gasteiger partial charge < -0.3 is 13.9 Å². The highest BCUT2D eigenvalue weighted by Gasteiger charge is 2.29. The Kier molecular flexibility index (Phi) is 6.42.